The van der Waals surface area contributed by atoms with Crippen LogP contribution in [0.2, 0.25) is 0 Å². The van der Waals surface area contributed by atoms with Crippen LogP contribution >= 0.6 is 15.0 Å². The predicted molar refractivity (Wildman–Crippen MR) is 181 cm³/mol. The molecule has 18 heteroatoms. The summed E-state index contributed by atoms with van der Waals surface area (Å²) in [5, 5.41) is 5.10. The second-order valence-electron chi connectivity index (χ2n) is 12.3. The molecule has 0 aromatic heterocycles. The van der Waals surface area contributed by atoms with Gasteiger partial charge in [0.15, 0.2) is 6.20 Å². The number of benzene rings is 1. The number of rotatable bonds is 17. The number of amides is 2. The third-order valence-electron chi connectivity index (χ3n) is 7.63. The summed E-state index contributed by atoms with van der Waals surface area (Å²) in [5.41, 5.74) is -1.10. The summed E-state index contributed by atoms with van der Waals surface area (Å²) >= 11 is 0. The molecule has 0 radical (unpaired) electrons. The highest BCUT2D eigenvalue weighted by molar-refractivity contribution is 7.73. The molecule has 5 N–H and O–H groups in total. The first-order chi connectivity index (χ1) is 22.6. The minimum absolute atomic E-state index is 0.0707. The van der Waals surface area contributed by atoms with Gasteiger partial charge in [0.2, 0.25) is 30.9 Å². The Kier molecular flexibility index (Phi) is 15.4. The first-order valence-electron chi connectivity index (χ1n) is 15.8. The fraction of sp³-hybridized carbons (Fsp3) is 0.567. The van der Waals surface area contributed by atoms with Crippen LogP contribution in [0.15, 0.2) is 46.5 Å². The van der Waals surface area contributed by atoms with Gasteiger partial charge in [-0.3, -0.25) is 28.4 Å². The van der Waals surface area contributed by atoms with Crippen LogP contribution in [0.1, 0.15) is 45.1 Å². The van der Waals surface area contributed by atoms with E-state index in [9.17, 15) is 38.2 Å². The number of Topliss-reactive ketones (excluding diaryl/α,β-unsaturated/α-hetero) is 1. The molecule has 48 heavy (non-hydrogen) atoms. The van der Waals surface area contributed by atoms with E-state index in [1.807, 2.05) is 54.4 Å². The molecule has 0 aliphatic carbocycles. The van der Waals surface area contributed by atoms with Crippen LogP contribution in [-0.4, -0.2) is 107 Å². The Balaban J connectivity index is 1.58. The fourth-order valence-corrected chi connectivity index (χ4v) is 8.24. The molecule has 3 rings (SSSR count). The van der Waals surface area contributed by atoms with Gasteiger partial charge in [0.1, 0.15) is 6.21 Å². The van der Waals surface area contributed by atoms with E-state index in [1.165, 1.54) is 12.4 Å². The lowest BCUT2D eigenvalue weighted by Crippen LogP contribution is -2.54. The van der Waals surface area contributed by atoms with E-state index in [0.717, 1.165) is 12.2 Å². The van der Waals surface area contributed by atoms with Crippen molar-refractivity contribution in [3.05, 3.63) is 48.3 Å². The van der Waals surface area contributed by atoms with Gasteiger partial charge in [-0.25, -0.2) is 4.99 Å². The Hall–Kier alpha value is -2.90. The number of carbonyl (C=O) groups excluding carboxylic acids is 3. The van der Waals surface area contributed by atoms with Crippen LogP contribution in [-0.2, 0) is 39.2 Å². The van der Waals surface area contributed by atoms with E-state index in [2.05, 4.69) is 21.5 Å². The van der Waals surface area contributed by atoms with Crippen LogP contribution in [0, 0.1) is 18.0 Å². The number of nitrogens with one attached hydrogen (secondary N) is 2. The van der Waals surface area contributed by atoms with Crippen molar-refractivity contribution in [2.24, 2.45) is 21.8 Å². The Morgan fingerprint density at radius 1 is 1.06 bits per heavy atom. The van der Waals surface area contributed by atoms with Crippen LogP contribution in [0.5, 0.6) is 0 Å². The maximum atomic E-state index is 13.8. The second-order valence-corrected chi connectivity index (χ2v) is 16.8. The Labute approximate surface area is 281 Å². The number of carbonyl (C=O) groups is 3. The summed E-state index contributed by atoms with van der Waals surface area (Å²) in [6, 6.07) is 9.45. The van der Waals surface area contributed by atoms with E-state index in [1.54, 1.807) is 0 Å². The van der Waals surface area contributed by atoms with E-state index < -0.39 is 45.4 Å². The average molecular weight is 708 g/mol. The molecular formula is C30H45BN5O10P2+. The monoisotopic (exact) mass is 708 g/mol. The lowest BCUT2D eigenvalue weighted by atomic mass is 9.73. The second kappa shape index (κ2) is 18.8. The number of aliphatic imine (C=N–C) groups is 2. The zero-order valence-corrected chi connectivity index (χ0v) is 29.2. The van der Waals surface area contributed by atoms with Gasteiger partial charge in [-0.1, -0.05) is 44.2 Å². The summed E-state index contributed by atoms with van der Waals surface area (Å²) in [7, 11) is -10.0. The molecule has 2 unspecified atom stereocenters. The molecule has 4 atom stereocenters. The van der Waals surface area contributed by atoms with E-state index in [0.29, 0.717) is 38.9 Å². The standard InChI is InChI=1S/C30H44BN5O10P2/c1-22(2)18-27(34-29(39)24(19-23-8-5-4-6-9-23)20-26(37)25-21-32-11-12-33-25)31-45-16-14-36(15-17-46-31)13-7-10-28(38)35-30(47(3,40)41)48(42,43)44/h4-6,8-9,11,21-22,24,27,30H,7,10,13-20H2,1-3H3,(H4-,34,35,38,39,40,41,42,43,44)/p+1/t24-,27+,30?/m0/s1. The van der Waals surface area contributed by atoms with Gasteiger partial charge >= 0.3 is 14.7 Å². The van der Waals surface area contributed by atoms with Gasteiger partial charge in [-0.2, -0.15) is 0 Å². The largest absolute Gasteiger partial charge is 0.480 e. The van der Waals surface area contributed by atoms with Gasteiger partial charge in [0.05, 0.1) is 11.9 Å². The molecule has 2 aliphatic rings. The number of ketones is 1. The van der Waals surface area contributed by atoms with Gasteiger partial charge in [0.25, 0.3) is 11.5 Å². The zero-order chi connectivity index (χ0) is 35.3. The van der Waals surface area contributed by atoms with Crippen molar-refractivity contribution in [2.75, 3.05) is 39.5 Å². The van der Waals surface area contributed by atoms with Crippen LogP contribution in [0.25, 0.3) is 0 Å². The summed E-state index contributed by atoms with van der Waals surface area (Å²) in [6.07, 6.45) is 6.32. The minimum Gasteiger partial charge on any atom is -0.408 e. The van der Waals surface area contributed by atoms with Crippen molar-refractivity contribution in [2.45, 2.75) is 57.4 Å². The molecule has 1 aromatic carbocycles. The highest BCUT2D eigenvalue weighted by atomic mass is 31.2. The average Bonchev–Trinajstić information content (AvgIpc) is 2.99. The van der Waals surface area contributed by atoms with E-state index in [4.69, 9.17) is 9.31 Å². The number of hydrogen-bond donors (Lipinski definition) is 5. The molecule has 0 saturated carbocycles. The highest BCUT2D eigenvalue weighted by Gasteiger charge is 2.42. The molecule has 1 aromatic rings. The molecule has 1 fully saturated rings. The maximum Gasteiger partial charge on any atom is 0.480 e. The highest BCUT2D eigenvalue weighted by Crippen LogP contribution is 2.58. The normalized spacial score (nSPS) is 18.8. The van der Waals surface area contributed by atoms with E-state index in [-0.39, 0.29) is 49.4 Å². The Morgan fingerprint density at radius 3 is 2.29 bits per heavy atom. The molecule has 0 bridgehead atoms. The van der Waals surface area contributed by atoms with Gasteiger partial charge in [-0.15, -0.1) is 0 Å². The fourth-order valence-electron chi connectivity index (χ4n) is 5.31. The molecule has 1 saturated heterocycles. The van der Waals surface area contributed by atoms with Crippen molar-refractivity contribution in [1.82, 2.24) is 15.5 Å². The third kappa shape index (κ3) is 13.5. The zero-order valence-electron chi connectivity index (χ0n) is 27.4. The number of nitrogens with zero attached hydrogens (tertiary/aromatic N) is 3. The van der Waals surface area contributed by atoms with Crippen molar-refractivity contribution in [1.29, 1.82) is 0 Å². The molecular weight excluding hydrogens is 663 g/mol. The molecule has 2 aliphatic heterocycles. The van der Waals surface area contributed by atoms with Crippen molar-refractivity contribution in [3.8, 4) is 0 Å². The number of hydrogen-bond acceptors (Lipinski definition) is 10. The molecule has 262 valence electrons. The molecule has 15 nitrogen and oxygen atoms in total. The minimum atomic E-state index is -5.03. The van der Waals surface area contributed by atoms with Gasteiger partial charge in [-0.05, 0) is 37.3 Å². The quantitative estimate of drug-likeness (QED) is 0.0893. The predicted octanol–water partition coefficient (Wildman–Crippen LogP) is 1.77. The summed E-state index contributed by atoms with van der Waals surface area (Å²) < 4.78 is 35.6. The van der Waals surface area contributed by atoms with Crippen LogP contribution in [0.3, 0.4) is 0 Å². The van der Waals surface area contributed by atoms with Crippen molar-refractivity contribution in [3.63, 3.8) is 0 Å². The van der Waals surface area contributed by atoms with Crippen LogP contribution < -0.4 is 10.6 Å². The van der Waals surface area contributed by atoms with Crippen molar-refractivity contribution >= 4 is 51.6 Å². The first-order valence-corrected chi connectivity index (χ1v) is 19.6. The topological polar surface area (TPSA) is 217 Å². The maximum absolute atomic E-state index is 13.8. The summed E-state index contributed by atoms with van der Waals surface area (Å²) in [5.74, 6) is -2.34. The lowest BCUT2D eigenvalue weighted by molar-refractivity contribution is -0.128. The summed E-state index contributed by atoms with van der Waals surface area (Å²) in [6.45, 7) is 6.80. The Bertz CT molecular complexity index is 1400. The third-order valence-corrected chi connectivity index (χ3v) is 11.6. The van der Waals surface area contributed by atoms with Crippen LogP contribution in [0.4, 0.5) is 0 Å². The van der Waals surface area contributed by atoms with E-state index >= 15 is 0 Å². The lowest BCUT2D eigenvalue weighted by Gasteiger charge is -2.32. The molecule has 2 amide bonds. The smallest absolute Gasteiger partial charge is 0.408 e. The summed E-state index contributed by atoms with van der Waals surface area (Å²) in [4.78, 5) is 77.3. The first kappa shape index (κ1) is 39.5. The molecule has 0 spiro atoms. The van der Waals surface area contributed by atoms with Gasteiger partial charge in [0, 0.05) is 50.8 Å². The van der Waals surface area contributed by atoms with Crippen molar-refractivity contribution < 1.29 is 47.5 Å². The SMILES string of the molecule is CC(C)C[C@@H](NC(=O)[C@H](CC(=O)C1=N[C+]=CN=C1)Cc1ccccc1)B1OCCN(CCCC(=O)NC(P(C)(=O)O)P(=O)(O)O)CCO1. The Morgan fingerprint density at radius 2 is 1.73 bits per heavy atom. The molecule has 2 heterocycles. The van der Waals surface area contributed by atoms with Gasteiger partial charge < -0.3 is 34.6 Å².